The number of para-hydroxylation sites is 1. The molecule has 1 N–H and O–H groups in total. The van der Waals surface area contributed by atoms with Crippen molar-refractivity contribution in [3.05, 3.63) is 51.4 Å². The Morgan fingerprint density at radius 1 is 1.45 bits per heavy atom. The van der Waals surface area contributed by atoms with E-state index in [0.29, 0.717) is 12.3 Å². The van der Waals surface area contributed by atoms with Crippen molar-refractivity contribution in [2.45, 2.75) is 6.54 Å². The first-order chi connectivity index (χ1) is 9.61. The van der Waals surface area contributed by atoms with Crippen molar-refractivity contribution in [3.8, 4) is 5.75 Å². The molecule has 0 amide bonds. The highest BCUT2D eigenvalue weighted by atomic mass is 35.5. The van der Waals surface area contributed by atoms with Crippen LogP contribution in [0, 0.1) is 10.1 Å². The van der Waals surface area contributed by atoms with Gasteiger partial charge in [-0.25, -0.2) is 4.98 Å². The van der Waals surface area contributed by atoms with E-state index in [0.717, 1.165) is 11.8 Å². The Bertz CT molecular complexity index is 636. The number of nitrogens with one attached hydrogen (secondary N) is 1. The zero-order valence-corrected chi connectivity index (χ0v) is 11.3. The third-order valence-corrected chi connectivity index (χ3v) is 2.76. The lowest BCUT2D eigenvalue weighted by Crippen LogP contribution is -2.06. The van der Waals surface area contributed by atoms with Gasteiger partial charge in [0, 0.05) is 12.1 Å². The van der Waals surface area contributed by atoms with Gasteiger partial charge in [-0.1, -0.05) is 18.2 Å². The maximum absolute atomic E-state index is 10.9. The van der Waals surface area contributed by atoms with Gasteiger partial charge in [-0.05, 0) is 17.7 Å². The van der Waals surface area contributed by atoms with E-state index >= 15 is 0 Å². The number of rotatable bonds is 5. The van der Waals surface area contributed by atoms with Crippen molar-refractivity contribution in [1.29, 1.82) is 0 Å². The standard InChI is InChI=1S/C12H11ClN4O3/c1-20-10-5-3-2-4-8(10)6-14-11-9(17(18)19)7-15-12(13)16-11/h2-5,7H,6H2,1H3,(H,14,15,16). The summed E-state index contributed by atoms with van der Waals surface area (Å²) in [5.74, 6) is 0.753. The summed E-state index contributed by atoms with van der Waals surface area (Å²) in [6.45, 7) is 0.318. The number of nitro groups is 1. The number of benzene rings is 1. The molecule has 0 spiro atoms. The molecule has 1 heterocycles. The number of hydrogen-bond donors (Lipinski definition) is 1. The molecule has 2 aromatic rings. The summed E-state index contributed by atoms with van der Waals surface area (Å²) >= 11 is 5.65. The molecule has 0 aliphatic heterocycles. The fourth-order valence-electron chi connectivity index (χ4n) is 1.65. The van der Waals surface area contributed by atoms with E-state index in [1.165, 1.54) is 0 Å². The molecule has 0 unspecified atom stereocenters. The van der Waals surface area contributed by atoms with Gasteiger partial charge in [0.15, 0.2) is 0 Å². The number of nitrogens with zero attached hydrogens (tertiary/aromatic N) is 3. The van der Waals surface area contributed by atoms with Crippen LogP contribution in [-0.4, -0.2) is 22.0 Å². The van der Waals surface area contributed by atoms with Gasteiger partial charge in [-0.3, -0.25) is 10.1 Å². The molecule has 0 aliphatic carbocycles. The lowest BCUT2D eigenvalue weighted by Gasteiger charge is -2.09. The second-order valence-electron chi connectivity index (χ2n) is 3.80. The van der Waals surface area contributed by atoms with E-state index in [4.69, 9.17) is 16.3 Å². The average Bonchev–Trinajstić information content (AvgIpc) is 2.45. The smallest absolute Gasteiger partial charge is 0.329 e. The summed E-state index contributed by atoms with van der Waals surface area (Å²) in [6, 6.07) is 7.34. The Hall–Kier alpha value is -2.41. The summed E-state index contributed by atoms with van der Waals surface area (Å²) in [5.41, 5.74) is 0.614. The van der Waals surface area contributed by atoms with Crippen LogP contribution in [0.4, 0.5) is 11.5 Å². The molecule has 0 saturated carbocycles. The minimum Gasteiger partial charge on any atom is -0.496 e. The Labute approximate surface area is 119 Å². The maximum Gasteiger partial charge on any atom is 0.329 e. The zero-order chi connectivity index (χ0) is 14.5. The summed E-state index contributed by atoms with van der Waals surface area (Å²) < 4.78 is 5.20. The first-order valence-corrected chi connectivity index (χ1v) is 6.02. The fourth-order valence-corrected chi connectivity index (χ4v) is 1.78. The molecule has 7 nitrogen and oxygen atoms in total. The van der Waals surface area contributed by atoms with Crippen LogP contribution >= 0.6 is 11.6 Å². The summed E-state index contributed by atoms with van der Waals surface area (Å²) in [4.78, 5) is 17.7. The van der Waals surface area contributed by atoms with Crippen molar-refractivity contribution in [1.82, 2.24) is 9.97 Å². The number of anilines is 1. The van der Waals surface area contributed by atoms with Crippen molar-refractivity contribution in [2.24, 2.45) is 0 Å². The van der Waals surface area contributed by atoms with E-state index in [1.54, 1.807) is 13.2 Å². The second-order valence-corrected chi connectivity index (χ2v) is 4.13. The molecule has 0 atom stereocenters. The number of hydrogen-bond acceptors (Lipinski definition) is 6. The van der Waals surface area contributed by atoms with E-state index in [9.17, 15) is 10.1 Å². The SMILES string of the molecule is COc1ccccc1CNc1nc(Cl)ncc1[N+](=O)[O-]. The summed E-state index contributed by atoms with van der Waals surface area (Å²) in [5, 5.41) is 13.7. The fraction of sp³-hybridized carbons (Fsp3) is 0.167. The van der Waals surface area contributed by atoms with Crippen LogP contribution in [0.2, 0.25) is 5.28 Å². The largest absolute Gasteiger partial charge is 0.496 e. The topological polar surface area (TPSA) is 90.2 Å². The van der Waals surface area contributed by atoms with Crippen LogP contribution in [0.15, 0.2) is 30.5 Å². The minimum atomic E-state index is -0.569. The molecule has 0 aliphatic rings. The monoisotopic (exact) mass is 294 g/mol. The molecule has 2 rings (SSSR count). The van der Waals surface area contributed by atoms with Crippen molar-refractivity contribution in [3.63, 3.8) is 0 Å². The quantitative estimate of drug-likeness (QED) is 0.518. The molecule has 0 bridgehead atoms. The van der Waals surface area contributed by atoms with E-state index in [1.807, 2.05) is 18.2 Å². The lowest BCUT2D eigenvalue weighted by molar-refractivity contribution is -0.384. The van der Waals surface area contributed by atoms with E-state index < -0.39 is 4.92 Å². The third kappa shape index (κ3) is 3.12. The van der Waals surface area contributed by atoms with Crippen LogP contribution < -0.4 is 10.1 Å². The maximum atomic E-state index is 10.9. The minimum absolute atomic E-state index is 0.0573. The normalized spacial score (nSPS) is 10.1. The first-order valence-electron chi connectivity index (χ1n) is 5.64. The zero-order valence-electron chi connectivity index (χ0n) is 10.5. The van der Waals surface area contributed by atoms with Gasteiger partial charge in [0.2, 0.25) is 11.1 Å². The van der Waals surface area contributed by atoms with Crippen molar-refractivity contribution >= 4 is 23.1 Å². The van der Waals surface area contributed by atoms with Gasteiger partial charge < -0.3 is 10.1 Å². The highest BCUT2D eigenvalue weighted by Gasteiger charge is 2.16. The van der Waals surface area contributed by atoms with Gasteiger partial charge in [0.05, 0.1) is 12.0 Å². The summed E-state index contributed by atoms with van der Waals surface area (Å²) in [7, 11) is 1.56. The Balaban J connectivity index is 2.22. The van der Waals surface area contributed by atoms with E-state index in [-0.39, 0.29) is 16.8 Å². The van der Waals surface area contributed by atoms with Gasteiger partial charge >= 0.3 is 5.69 Å². The Morgan fingerprint density at radius 3 is 2.90 bits per heavy atom. The van der Waals surface area contributed by atoms with Crippen molar-refractivity contribution in [2.75, 3.05) is 12.4 Å². The molecular formula is C12H11ClN4O3. The molecule has 8 heteroatoms. The average molecular weight is 295 g/mol. The molecule has 104 valence electrons. The third-order valence-electron chi connectivity index (χ3n) is 2.58. The van der Waals surface area contributed by atoms with Crippen LogP contribution in [-0.2, 0) is 6.54 Å². The Morgan fingerprint density at radius 2 is 2.20 bits per heavy atom. The number of ether oxygens (including phenoxy) is 1. The highest BCUT2D eigenvalue weighted by molar-refractivity contribution is 6.28. The van der Waals surface area contributed by atoms with Crippen LogP contribution in [0.3, 0.4) is 0 Å². The summed E-state index contributed by atoms with van der Waals surface area (Å²) in [6.07, 6.45) is 1.07. The Kier molecular flexibility index (Phi) is 4.31. The predicted octanol–water partition coefficient (Wildman–Crippen LogP) is 2.66. The molecule has 0 fully saturated rings. The number of methoxy groups -OCH3 is 1. The van der Waals surface area contributed by atoms with Gasteiger partial charge in [-0.2, -0.15) is 4.98 Å². The number of halogens is 1. The van der Waals surface area contributed by atoms with Crippen LogP contribution in [0.1, 0.15) is 5.56 Å². The van der Waals surface area contributed by atoms with Gasteiger partial charge in [-0.15, -0.1) is 0 Å². The molecule has 1 aromatic carbocycles. The van der Waals surface area contributed by atoms with Gasteiger partial charge in [0.25, 0.3) is 0 Å². The molecule has 0 radical (unpaired) electrons. The molecule has 1 aromatic heterocycles. The van der Waals surface area contributed by atoms with Crippen LogP contribution in [0.5, 0.6) is 5.75 Å². The number of aromatic nitrogens is 2. The molecule has 0 saturated heterocycles. The molecule has 20 heavy (non-hydrogen) atoms. The lowest BCUT2D eigenvalue weighted by atomic mass is 10.2. The highest BCUT2D eigenvalue weighted by Crippen LogP contribution is 2.24. The molecular weight excluding hydrogens is 284 g/mol. The predicted molar refractivity (Wildman–Crippen MR) is 74.0 cm³/mol. The first kappa shape index (κ1) is 14.0. The van der Waals surface area contributed by atoms with Crippen molar-refractivity contribution < 1.29 is 9.66 Å². The van der Waals surface area contributed by atoms with Gasteiger partial charge in [0.1, 0.15) is 11.9 Å². The second kappa shape index (κ2) is 6.16. The van der Waals surface area contributed by atoms with Crippen LogP contribution in [0.25, 0.3) is 0 Å². The van der Waals surface area contributed by atoms with E-state index in [2.05, 4.69) is 15.3 Å².